The predicted molar refractivity (Wildman–Crippen MR) is 110 cm³/mol. The molecule has 0 unspecified atom stereocenters. The first kappa shape index (κ1) is 21.5. The van der Waals surface area contributed by atoms with Crippen molar-refractivity contribution in [2.24, 2.45) is 5.41 Å². The fourth-order valence-electron chi connectivity index (χ4n) is 4.58. The number of Topliss-reactive ketones (excluding diaryl/α,β-unsaturated/α-hetero) is 1. The monoisotopic (exact) mass is 448 g/mol. The quantitative estimate of drug-likeness (QED) is 0.580. The number of aliphatic hydroxyl groups is 1. The molecule has 1 amide bonds. The van der Waals surface area contributed by atoms with Crippen LogP contribution in [-0.2, 0) is 4.79 Å². The second-order valence-electron chi connectivity index (χ2n) is 8.30. The Balaban J connectivity index is 1.21. The molecule has 0 spiro atoms. The van der Waals surface area contributed by atoms with Crippen LogP contribution in [0.5, 0.6) is 11.6 Å². The maximum atomic E-state index is 13.4. The van der Waals surface area contributed by atoms with E-state index in [2.05, 4.69) is 10.3 Å². The first-order valence-corrected chi connectivity index (χ1v) is 10.3. The Morgan fingerprint density at radius 1 is 1.19 bits per heavy atom. The van der Waals surface area contributed by atoms with E-state index in [1.54, 1.807) is 12.1 Å². The van der Waals surface area contributed by atoms with Crippen LogP contribution in [0.15, 0.2) is 36.5 Å². The van der Waals surface area contributed by atoms with Crippen LogP contribution in [0.2, 0.25) is 5.02 Å². The van der Waals surface area contributed by atoms with Gasteiger partial charge in [0.2, 0.25) is 5.88 Å². The molecule has 3 aliphatic rings. The van der Waals surface area contributed by atoms with Gasteiger partial charge in [-0.2, -0.15) is 0 Å². The molecule has 164 valence electrons. The molecule has 0 saturated heterocycles. The highest BCUT2D eigenvalue weighted by Gasteiger charge is 2.68. The van der Waals surface area contributed by atoms with Gasteiger partial charge in [0.15, 0.2) is 5.78 Å². The first-order valence-electron chi connectivity index (χ1n) is 9.94. The number of ketones is 1. The highest BCUT2D eigenvalue weighted by atomic mass is 35.5. The van der Waals surface area contributed by atoms with Gasteiger partial charge in [-0.3, -0.25) is 9.59 Å². The number of hydrogen-bond acceptors (Lipinski definition) is 6. The average Bonchev–Trinajstić information content (AvgIpc) is 2.71. The number of pyridine rings is 1. The molecule has 31 heavy (non-hydrogen) atoms. The largest absolute Gasteiger partial charge is 0.486 e. The molecule has 9 heteroatoms. The molecule has 2 N–H and O–H groups in total. The molecule has 1 aromatic heterocycles. The predicted octanol–water partition coefficient (Wildman–Crippen LogP) is 2.94. The van der Waals surface area contributed by atoms with Gasteiger partial charge >= 0.3 is 0 Å². The molecule has 3 saturated carbocycles. The van der Waals surface area contributed by atoms with E-state index in [4.69, 9.17) is 26.2 Å². The summed E-state index contributed by atoms with van der Waals surface area (Å²) in [6, 6.07) is 7.26. The molecule has 1 heterocycles. The van der Waals surface area contributed by atoms with Gasteiger partial charge in [-0.25, -0.2) is 9.37 Å². The maximum absolute atomic E-state index is 13.4. The smallest absolute Gasteiger partial charge is 0.253 e. The van der Waals surface area contributed by atoms with Crippen LogP contribution >= 0.6 is 11.6 Å². The number of benzene rings is 1. The summed E-state index contributed by atoms with van der Waals surface area (Å²) in [6.07, 6.45) is 4.05. The SMILES string of the molecule is O=C(COc1ccc(Cl)c(F)c1)CC12CC(NC(=O)c3ccc(OCCO)nc3)(C1)C2. The van der Waals surface area contributed by atoms with Gasteiger partial charge < -0.3 is 19.9 Å². The van der Waals surface area contributed by atoms with E-state index in [-0.39, 0.29) is 53.2 Å². The maximum Gasteiger partial charge on any atom is 0.253 e. The fraction of sp³-hybridized carbons (Fsp3) is 0.409. The van der Waals surface area contributed by atoms with Gasteiger partial charge in [0.1, 0.15) is 24.8 Å². The number of aliphatic hydroxyl groups excluding tert-OH is 1. The van der Waals surface area contributed by atoms with E-state index in [0.717, 1.165) is 25.3 Å². The van der Waals surface area contributed by atoms with E-state index in [9.17, 15) is 14.0 Å². The summed E-state index contributed by atoms with van der Waals surface area (Å²) >= 11 is 5.63. The normalized spacial score (nSPS) is 23.3. The van der Waals surface area contributed by atoms with Gasteiger partial charge in [-0.05, 0) is 42.9 Å². The molecule has 3 fully saturated rings. The summed E-state index contributed by atoms with van der Waals surface area (Å²) in [4.78, 5) is 28.8. The first-order chi connectivity index (χ1) is 14.8. The molecule has 1 aromatic carbocycles. The number of aromatic nitrogens is 1. The Morgan fingerprint density at radius 2 is 1.97 bits per heavy atom. The van der Waals surface area contributed by atoms with Gasteiger partial charge in [0.05, 0.1) is 17.2 Å². The topological polar surface area (TPSA) is 97.8 Å². The van der Waals surface area contributed by atoms with Crippen molar-refractivity contribution in [2.45, 2.75) is 31.2 Å². The van der Waals surface area contributed by atoms with Crippen molar-refractivity contribution in [3.05, 3.63) is 52.9 Å². The summed E-state index contributed by atoms with van der Waals surface area (Å²) in [7, 11) is 0. The number of hydrogen-bond donors (Lipinski definition) is 2. The Morgan fingerprint density at radius 3 is 2.61 bits per heavy atom. The third-order valence-corrected chi connectivity index (χ3v) is 6.03. The van der Waals surface area contributed by atoms with Crippen molar-refractivity contribution >= 4 is 23.3 Å². The van der Waals surface area contributed by atoms with Crippen LogP contribution in [0.25, 0.3) is 0 Å². The number of halogens is 2. The molecule has 2 aromatic rings. The van der Waals surface area contributed by atoms with Gasteiger partial charge in [0, 0.05) is 30.3 Å². The second-order valence-corrected chi connectivity index (χ2v) is 8.71. The van der Waals surface area contributed by atoms with Gasteiger partial charge in [0.25, 0.3) is 5.91 Å². The fourth-order valence-corrected chi connectivity index (χ4v) is 4.70. The van der Waals surface area contributed by atoms with Crippen LogP contribution in [-0.4, -0.2) is 47.1 Å². The second kappa shape index (κ2) is 8.43. The van der Waals surface area contributed by atoms with E-state index >= 15 is 0 Å². The van der Waals surface area contributed by atoms with Crippen molar-refractivity contribution < 1.29 is 28.6 Å². The summed E-state index contributed by atoms with van der Waals surface area (Å²) in [5, 5.41) is 11.8. The average molecular weight is 449 g/mol. The van der Waals surface area contributed by atoms with Crippen molar-refractivity contribution in [2.75, 3.05) is 19.8 Å². The van der Waals surface area contributed by atoms with E-state index in [1.165, 1.54) is 18.3 Å². The molecule has 0 radical (unpaired) electrons. The lowest BCUT2D eigenvalue weighted by molar-refractivity contribution is -0.162. The van der Waals surface area contributed by atoms with Gasteiger partial charge in [-0.15, -0.1) is 0 Å². The molecule has 0 atom stereocenters. The standard InChI is InChI=1S/C22H22ClFN2O5/c23-17-3-2-16(7-18(17)24)31-10-15(28)8-21-11-22(12-21,13-21)26-20(29)14-1-4-19(25-9-14)30-6-5-27/h1-4,7,9,27H,5-6,8,10-13H2,(H,26,29). The number of nitrogens with one attached hydrogen (secondary N) is 1. The number of carbonyl (C=O) groups excluding carboxylic acids is 2. The van der Waals surface area contributed by atoms with Crippen LogP contribution < -0.4 is 14.8 Å². The Kier molecular flexibility index (Phi) is 5.85. The van der Waals surface area contributed by atoms with Crippen LogP contribution in [0, 0.1) is 11.2 Å². The lowest BCUT2D eigenvalue weighted by Crippen LogP contribution is -2.75. The summed E-state index contributed by atoms with van der Waals surface area (Å²) in [5.74, 6) is -0.257. The van der Waals surface area contributed by atoms with Crippen molar-refractivity contribution in [3.63, 3.8) is 0 Å². The Labute approximate surface area is 183 Å². The zero-order valence-electron chi connectivity index (χ0n) is 16.7. The van der Waals surface area contributed by atoms with Crippen LogP contribution in [0.1, 0.15) is 36.0 Å². The minimum absolute atomic E-state index is 0.00152. The summed E-state index contributed by atoms with van der Waals surface area (Å²) < 4.78 is 24.0. The minimum atomic E-state index is -0.591. The zero-order chi connectivity index (χ0) is 22.1. The van der Waals surface area contributed by atoms with Crippen molar-refractivity contribution in [1.29, 1.82) is 0 Å². The van der Waals surface area contributed by atoms with Crippen molar-refractivity contribution in [3.8, 4) is 11.6 Å². The minimum Gasteiger partial charge on any atom is -0.486 e. The van der Waals surface area contributed by atoms with Crippen molar-refractivity contribution in [1.82, 2.24) is 10.3 Å². The molecular weight excluding hydrogens is 427 g/mol. The summed E-state index contributed by atoms with van der Waals surface area (Å²) in [5.41, 5.74) is 0.0813. The molecular formula is C22H22ClFN2O5. The van der Waals surface area contributed by atoms with Crippen LogP contribution in [0.3, 0.4) is 0 Å². The lowest BCUT2D eigenvalue weighted by atomic mass is 9.38. The molecule has 5 rings (SSSR count). The Hall–Kier alpha value is -2.71. The lowest BCUT2D eigenvalue weighted by Gasteiger charge is -2.70. The summed E-state index contributed by atoms with van der Waals surface area (Å²) in [6.45, 7) is -0.0921. The number of ether oxygens (including phenoxy) is 2. The van der Waals surface area contributed by atoms with Gasteiger partial charge in [-0.1, -0.05) is 11.6 Å². The highest BCUT2D eigenvalue weighted by Crippen LogP contribution is 2.69. The molecule has 2 bridgehead atoms. The zero-order valence-corrected chi connectivity index (χ0v) is 17.5. The number of carbonyl (C=O) groups is 2. The highest BCUT2D eigenvalue weighted by molar-refractivity contribution is 6.30. The Bertz CT molecular complexity index is 978. The molecule has 0 aliphatic heterocycles. The molecule has 7 nitrogen and oxygen atoms in total. The third-order valence-electron chi connectivity index (χ3n) is 5.72. The van der Waals surface area contributed by atoms with E-state index < -0.39 is 5.82 Å². The van der Waals surface area contributed by atoms with E-state index in [1.807, 2.05) is 0 Å². The number of rotatable bonds is 10. The number of nitrogens with zero attached hydrogens (tertiary/aromatic N) is 1. The van der Waals surface area contributed by atoms with Crippen LogP contribution in [0.4, 0.5) is 4.39 Å². The molecule has 3 aliphatic carbocycles. The third kappa shape index (κ3) is 4.65. The van der Waals surface area contributed by atoms with E-state index in [0.29, 0.717) is 17.9 Å². The number of amides is 1.